The molecule has 1 rings (SSSR count). The van der Waals surface area contributed by atoms with Gasteiger partial charge in [-0.1, -0.05) is 38.0 Å². The van der Waals surface area contributed by atoms with Gasteiger partial charge < -0.3 is 0 Å². The Balaban J connectivity index is 2.38. The second-order valence-corrected chi connectivity index (χ2v) is 4.73. The van der Waals surface area contributed by atoms with Crippen LogP contribution >= 0.6 is 0 Å². The van der Waals surface area contributed by atoms with Gasteiger partial charge in [0.1, 0.15) is 0 Å². The summed E-state index contributed by atoms with van der Waals surface area (Å²) in [5, 5.41) is 0. The Morgan fingerprint density at radius 1 is 1.44 bits per heavy atom. The van der Waals surface area contributed by atoms with Crippen molar-refractivity contribution >= 4 is 0 Å². The van der Waals surface area contributed by atoms with Crippen LogP contribution in [0.1, 0.15) is 51.9 Å². The Morgan fingerprint density at radius 2 is 2.19 bits per heavy atom. The van der Waals surface area contributed by atoms with E-state index in [1.165, 1.54) is 0 Å². The maximum atomic E-state index is 13.4. The van der Waals surface area contributed by atoms with Crippen LogP contribution in [0.5, 0.6) is 0 Å². The molecule has 1 aliphatic carbocycles. The zero-order valence-electron chi connectivity index (χ0n) is 10.1. The molecule has 0 heterocycles. The summed E-state index contributed by atoms with van der Waals surface area (Å²) in [4.78, 5) is 0. The molecule has 0 aromatic carbocycles. The third kappa shape index (κ3) is 4.46. The van der Waals surface area contributed by atoms with Gasteiger partial charge in [-0.25, -0.2) is 8.78 Å². The highest BCUT2D eigenvalue weighted by Crippen LogP contribution is 2.32. The largest absolute Gasteiger partial charge is 0.266 e. The number of hydrogen-bond donors (Lipinski definition) is 0. The molecule has 0 bridgehead atoms. The van der Waals surface area contributed by atoms with Crippen molar-refractivity contribution in [2.24, 2.45) is 5.92 Å². The van der Waals surface area contributed by atoms with E-state index in [0.717, 1.165) is 43.8 Å². The van der Waals surface area contributed by atoms with Crippen LogP contribution < -0.4 is 0 Å². The van der Waals surface area contributed by atoms with Crippen LogP contribution in [0.4, 0.5) is 8.78 Å². The first-order chi connectivity index (χ1) is 7.55. The lowest BCUT2D eigenvalue weighted by Crippen LogP contribution is -2.12. The SMILES string of the molecule is C=C1CCCC1/C=C/C(F)(F)CCCCC. The normalized spacial score (nSPS) is 22.2. The minimum absolute atomic E-state index is 0.0173. The highest BCUT2D eigenvalue weighted by molar-refractivity contribution is 5.15. The molecule has 92 valence electrons. The maximum absolute atomic E-state index is 13.4. The van der Waals surface area contributed by atoms with E-state index >= 15 is 0 Å². The van der Waals surface area contributed by atoms with Gasteiger partial charge in [0.25, 0.3) is 5.92 Å². The smallest absolute Gasteiger partial charge is 0.202 e. The molecule has 0 aromatic rings. The zero-order chi connectivity index (χ0) is 12.0. The Hall–Kier alpha value is -0.660. The fraction of sp³-hybridized carbons (Fsp3) is 0.714. The van der Waals surface area contributed by atoms with E-state index in [2.05, 4.69) is 6.58 Å². The Labute approximate surface area is 97.4 Å². The van der Waals surface area contributed by atoms with Crippen LogP contribution in [0.2, 0.25) is 0 Å². The lowest BCUT2D eigenvalue weighted by atomic mass is 10.0. The highest BCUT2D eigenvalue weighted by atomic mass is 19.3. The standard InChI is InChI=1S/C14H22F2/c1-3-4-5-10-14(15,16)11-9-13-8-6-7-12(13)2/h9,11,13H,2-8,10H2,1H3/b11-9+. The van der Waals surface area contributed by atoms with Crippen molar-refractivity contribution in [3.63, 3.8) is 0 Å². The van der Waals surface area contributed by atoms with Crippen LogP contribution in [0, 0.1) is 5.92 Å². The lowest BCUT2D eigenvalue weighted by molar-refractivity contribution is 0.0423. The van der Waals surface area contributed by atoms with Crippen LogP contribution in [0.25, 0.3) is 0 Å². The Bertz CT molecular complexity index is 253. The molecule has 1 saturated carbocycles. The fourth-order valence-electron chi connectivity index (χ4n) is 2.12. The molecule has 1 aliphatic rings. The van der Waals surface area contributed by atoms with Gasteiger partial charge in [0.05, 0.1) is 0 Å². The molecule has 2 heteroatoms. The van der Waals surface area contributed by atoms with Crippen molar-refractivity contribution in [3.8, 4) is 0 Å². The minimum Gasteiger partial charge on any atom is -0.202 e. The molecular formula is C14H22F2. The van der Waals surface area contributed by atoms with Crippen molar-refractivity contribution in [2.45, 2.75) is 57.8 Å². The summed E-state index contributed by atoms with van der Waals surface area (Å²) < 4.78 is 26.8. The van der Waals surface area contributed by atoms with Crippen LogP contribution in [-0.4, -0.2) is 5.92 Å². The molecule has 1 fully saturated rings. The van der Waals surface area contributed by atoms with E-state index < -0.39 is 5.92 Å². The third-order valence-corrected chi connectivity index (χ3v) is 3.22. The molecule has 1 unspecified atom stereocenters. The molecule has 0 aliphatic heterocycles. The molecule has 1 atom stereocenters. The first kappa shape index (κ1) is 13.4. The van der Waals surface area contributed by atoms with Crippen molar-refractivity contribution < 1.29 is 8.78 Å². The molecular weight excluding hydrogens is 206 g/mol. The molecule has 0 amide bonds. The summed E-state index contributed by atoms with van der Waals surface area (Å²) in [7, 11) is 0. The molecule has 16 heavy (non-hydrogen) atoms. The highest BCUT2D eigenvalue weighted by Gasteiger charge is 2.25. The number of rotatable bonds is 6. The number of hydrogen-bond acceptors (Lipinski definition) is 0. The third-order valence-electron chi connectivity index (χ3n) is 3.22. The topological polar surface area (TPSA) is 0 Å². The number of alkyl halides is 2. The first-order valence-electron chi connectivity index (χ1n) is 6.30. The summed E-state index contributed by atoms with van der Waals surface area (Å²) >= 11 is 0. The number of halogens is 2. The molecule has 0 N–H and O–H groups in total. The van der Waals surface area contributed by atoms with Crippen molar-refractivity contribution in [3.05, 3.63) is 24.3 Å². The van der Waals surface area contributed by atoms with Gasteiger partial charge in [-0.3, -0.25) is 0 Å². The summed E-state index contributed by atoms with van der Waals surface area (Å²) in [5.74, 6) is -2.44. The molecule has 0 aromatic heterocycles. The Kier molecular flexibility index (Phi) is 5.17. The predicted octanol–water partition coefficient (Wildman–Crippen LogP) is 5.11. The van der Waals surface area contributed by atoms with E-state index in [1.54, 1.807) is 6.08 Å². The quantitative estimate of drug-likeness (QED) is 0.437. The van der Waals surface area contributed by atoms with Gasteiger partial charge in [0, 0.05) is 6.42 Å². The molecule has 0 radical (unpaired) electrons. The van der Waals surface area contributed by atoms with Crippen molar-refractivity contribution in [1.82, 2.24) is 0 Å². The number of unbranched alkanes of at least 4 members (excludes halogenated alkanes) is 2. The summed E-state index contributed by atoms with van der Waals surface area (Å²) in [6.07, 6.45) is 8.31. The van der Waals surface area contributed by atoms with E-state index in [4.69, 9.17) is 0 Å². The van der Waals surface area contributed by atoms with E-state index in [9.17, 15) is 8.78 Å². The maximum Gasteiger partial charge on any atom is 0.266 e. The van der Waals surface area contributed by atoms with Gasteiger partial charge in [-0.2, -0.15) is 0 Å². The van der Waals surface area contributed by atoms with Crippen LogP contribution in [0.3, 0.4) is 0 Å². The summed E-state index contributed by atoms with van der Waals surface area (Å²) in [6, 6.07) is 0. The fourth-order valence-corrected chi connectivity index (χ4v) is 2.12. The van der Waals surface area contributed by atoms with Gasteiger partial charge in [-0.05, 0) is 37.7 Å². The summed E-state index contributed by atoms with van der Waals surface area (Å²) in [6.45, 7) is 5.94. The average molecular weight is 228 g/mol. The van der Waals surface area contributed by atoms with Crippen molar-refractivity contribution in [2.75, 3.05) is 0 Å². The van der Waals surface area contributed by atoms with Gasteiger partial charge in [-0.15, -0.1) is 0 Å². The second-order valence-electron chi connectivity index (χ2n) is 4.73. The van der Waals surface area contributed by atoms with E-state index in [1.807, 2.05) is 6.92 Å². The van der Waals surface area contributed by atoms with Crippen LogP contribution in [-0.2, 0) is 0 Å². The second kappa shape index (κ2) is 6.17. The average Bonchev–Trinajstić information content (AvgIpc) is 2.62. The van der Waals surface area contributed by atoms with Gasteiger partial charge in [0.2, 0.25) is 0 Å². The molecule has 0 nitrogen and oxygen atoms in total. The Morgan fingerprint density at radius 3 is 2.75 bits per heavy atom. The first-order valence-corrected chi connectivity index (χ1v) is 6.30. The van der Waals surface area contributed by atoms with Crippen LogP contribution in [0.15, 0.2) is 24.3 Å². The lowest BCUT2D eigenvalue weighted by Gasteiger charge is -2.12. The monoisotopic (exact) mass is 228 g/mol. The minimum atomic E-state index is -2.63. The predicted molar refractivity (Wildman–Crippen MR) is 64.7 cm³/mol. The number of allylic oxidation sites excluding steroid dienone is 3. The van der Waals surface area contributed by atoms with Gasteiger partial charge >= 0.3 is 0 Å². The van der Waals surface area contributed by atoms with Gasteiger partial charge in [0.15, 0.2) is 0 Å². The van der Waals surface area contributed by atoms with E-state index in [-0.39, 0.29) is 12.3 Å². The summed E-state index contributed by atoms with van der Waals surface area (Å²) in [5.41, 5.74) is 1.11. The van der Waals surface area contributed by atoms with E-state index in [0.29, 0.717) is 6.42 Å². The zero-order valence-corrected chi connectivity index (χ0v) is 10.1. The molecule has 0 spiro atoms. The molecule has 0 saturated heterocycles. The van der Waals surface area contributed by atoms with Crippen molar-refractivity contribution in [1.29, 1.82) is 0 Å².